The predicted molar refractivity (Wildman–Crippen MR) is 89.2 cm³/mol. The highest BCUT2D eigenvalue weighted by atomic mass is 16.5. The zero-order chi connectivity index (χ0) is 17.7. The first-order valence-electron chi connectivity index (χ1n) is 8.87. The molecule has 2 fully saturated rings. The molecule has 0 aromatic carbocycles. The summed E-state index contributed by atoms with van der Waals surface area (Å²) in [5, 5.41) is 2.93. The Balaban J connectivity index is 1.76. The van der Waals surface area contributed by atoms with Crippen LogP contribution in [-0.4, -0.2) is 73.0 Å². The number of hydrogen-bond acceptors (Lipinski definition) is 5. The second-order valence-corrected chi connectivity index (χ2v) is 6.78. The van der Waals surface area contributed by atoms with Gasteiger partial charge in [-0.05, 0) is 46.6 Å². The second-order valence-electron chi connectivity index (χ2n) is 6.78. The molecule has 0 radical (unpaired) electrons. The van der Waals surface area contributed by atoms with Crippen molar-refractivity contribution in [1.82, 2.24) is 15.1 Å². The van der Waals surface area contributed by atoms with Gasteiger partial charge in [0.15, 0.2) is 0 Å². The molecule has 1 saturated carbocycles. The van der Waals surface area contributed by atoms with E-state index in [0.29, 0.717) is 38.6 Å². The molecule has 24 heavy (non-hydrogen) atoms. The average molecular weight is 339 g/mol. The van der Waals surface area contributed by atoms with Crippen molar-refractivity contribution in [3.8, 4) is 0 Å². The van der Waals surface area contributed by atoms with Crippen LogP contribution in [0.5, 0.6) is 0 Å². The van der Waals surface area contributed by atoms with E-state index in [9.17, 15) is 14.4 Å². The lowest BCUT2D eigenvalue weighted by atomic mass is 9.96. The molecule has 0 aromatic heterocycles. The maximum atomic E-state index is 12.6. The minimum absolute atomic E-state index is 0.0130. The molecule has 2 aliphatic rings. The topological polar surface area (TPSA) is 79.0 Å². The zero-order valence-electron chi connectivity index (χ0n) is 14.9. The van der Waals surface area contributed by atoms with Crippen LogP contribution in [-0.2, 0) is 19.1 Å². The summed E-state index contributed by atoms with van der Waals surface area (Å²) in [6, 6.07) is -0.0205. The lowest BCUT2D eigenvalue weighted by Gasteiger charge is -2.34. The van der Waals surface area contributed by atoms with E-state index in [1.54, 1.807) is 23.8 Å². The Morgan fingerprint density at radius 2 is 1.83 bits per heavy atom. The van der Waals surface area contributed by atoms with E-state index in [1.807, 2.05) is 6.92 Å². The molecular weight excluding hydrogens is 310 g/mol. The maximum absolute atomic E-state index is 12.6. The highest BCUT2D eigenvalue weighted by molar-refractivity contribution is 5.84. The Labute approximate surface area is 143 Å². The number of carbonyl (C=O) groups excluding carboxylic acids is 3. The van der Waals surface area contributed by atoms with Crippen molar-refractivity contribution in [2.45, 2.75) is 51.6 Å². The predicted octanol–water partition coefficient (Wildman–Crippen LogP) is 0.387. The van der Waals surface area contributed by atoms with Crippen LogP contribution in [0.3, 0.4) is 0 Å². The van der Waals surface area contributed by atoms with Crippen LogP contribution >= 0.6 is 0 Å². The van der Waals surface area contributed by atoms with Gasteiger partial charge in [0.05, 0.1) is 25.1 Å². The van der Waals surface area contributed by atoms with Crippen LogP contribution < -0.4 is 5.32 Å². The fraction of sp³-hybridized carbons (Fsp3) is 0.824. The number of likely N-dealkylation sites (tertiary alicyclic amines) is 1. The molecule has 1 heterocycles. The molecule has 0 bridgehead atoms. The lowest BCUT2D eigenvalue weighted by Crippen LogP contribution is -2.51. The second kappa shape index (κ2) is 8.46. The van der Waals surface area contributed by atoms with E-state index in [2.05, 4.69) is 5.32 Å². The molecule has 2 rings (SSSR count). The standard InChI is InChI=1S/C17H29N3O4/c1-4-24-17(23)13-7-9-20(10-8-13)16(22)12(2)19(3)11-15(21)18-14-5-6-14/h12-14H,4-11H2,1-3H3,(H,18,21)/t12-/m0/s1. The minimum atomic E-state index is -0.353. The van der Waals surface area contributed by atoms with E-state index in [1.165, 1.54) is 0 Å². The lowest BCUT2D eigenvalue weighted by molar-refractivity contribution is -0.152. The Kier molecular flexibility index (Phi) is 6.60. The highest BCUT2D eigenvalue weighted by Crippen LogP contribution is 2.20. The fourth-order valence-electron chi connectivity index (χ4n) is 2.91. The van der Waals surface area contributed by atoms with E-state index in [-0.39, 0.29) is 36.3 Å². The minimum Gasteiger partial charge on any atom is -0.466 e. The number of nitrogens with one attached hydrogen (secondary N) is 1. The van der Waals surface area contributed by atoms with Gasteiger partial charge in [-0.3, -0.25) is 19.3 Å². The molecule has 1 saturated heterocycles. The summed E-state index contributed by atoms with van der Waals surface area (Å²) in [5.74, 6) is -0.280. The monoisotopic (exact) mass is 339 g/mol. The van der Waals surface area contributed by atoms with Gasteiger partial charge in [-0.25, -0.2) is 0 Å². The summed E-state index contributed by atoms with van der Waals surface area (Å²) < 4.78 is 5.05. The van der Waals surface area contributed by atoms with Crippen molar-refractivity contribution in [1.29, 1.82) is 0 Å². The third kappa shape index (κ3) is 5.19. The van der Waals surface area contributed by atoms with Crippen LogP contribution in [0.1, 0.15) is 39.5 Å². The number of rotatable bonds is 7. The van der Waals surface area contributed by atoms with Gasteiger partial charge >= 0.3 is 5.97 Å². The number of carbonyl (C=O) groups is 3. The Bertz CT molecular complexity index is 470. The van der Waals surface area contributed by atoms with Gasteiger partial charge in [0.2, 0.25) is 11.8 Å². The molecule has 0 aromatic rings. The summed E-state index contributed by atoms with van der Waals surface area (Å²) in [5.41, 5.74) is 0. The van der Waals surface area contributed by atoms with Crippen molar-refractivity contribution in [3.05, 3.63) is 0 Å². The quantitative estimate of drug-likeness (QED) is 0.679. The number of amides is 2. The summed E-state index contributed by atoms with van der Waals surface area (Å²) in [6.07, 6.45) is 3.39. The van der Waals surface area contributed by atoms with Crippen LogP contribution in [0.2, 0.25) is 0 Å². The Morgan fingerprint density at radius 3 is 2.38 bits per heavy atom. The van der Waals surface area contributed by atoms with E-state index in [0.717, 1.165) is 12.8 Å². The molecular formula is C17H29N3O4. The number of likely N-dealkylation sites (N-methyl/N-ethyl adjacent to an activating group) is 1. The molecule has 0 unspecified atom stereocenters. The van der Waals surface area contributed by atoms with Crippen molar-refractivity contribution in [3.63, 3.8) is 0 Å². The Morgan fingerprint density at radius 1 is 1.21 bits per heavy atom. The number of esters is 1. The van der Waals surface area contributed by atoms with Gasteiger partial charge in [0, 0.05) is 19.1 Å². The van der Waals surface area contributed by atoms with Crippen molar-refractivity contribution in [2.75, 3.05) is 33.3 Å². The summed E-state index contributed by atoms with van der Waals surface area (Å²) in [7, 11) is 1.79. The molecule has 0 spiro atoms. The third-order valence-electron chi connectivity index (χ3n) is 4.78. The van der Waals surface area contributed by atoms with Crippen LogP contribution in [0, 0.1) is 5.92 Å². The van der Waals surface area contributed by atoms with Crippen molar-refractivity contribution < 1.29 is 19.1 Å². The van der Waals surface area contributed by atoms with E-state index in [4.69, 9.17) is 4.74 Å². The van der Waals surface area contributed by atoms with Gasteiger partial charge < -0.3 is 15.0 Å². The number of ether oxygens (including phenoxy) is 1. The zero-order valence-corrected chi connectivity index (χ0v) is 14.9. The van der Waals surface area contributed by atoms with Gasteiger partial charge in [0.1, 0.15) is 0 Å². The smallest absolute Gasteiger partial charge is 0.309 e. The van der Waals surface area contributed by atoms with Crippen LogP contribution in [0.4, 0.5) is 0 Å². The van der Waals surface area contributed by atoms with Crippen LogP contribution in [0.15, 0.2) is 0 Å². The molecule has 1 aliphatic heterocycles. The van der Waals surface area contributed by atoms with Crippen molar-refractivity contribution >= 4 is 17.8 Å². The molecule has 1 aliphatic carbocycles. The summed E-state index contributed by atoms with van der Waals surface area (Å²) in [6.45, 7) is 5.37. The summed E-state index contributed by atoms with van der Waals surface area (Å²) >= 11 is 0. The van der Waals surface area contributed by atoms with Gasteiger partial charge in [-0.1, -0.05) is 0 Å². The van der Waals surface area contributed by atoms with Crippen LogP contribution in [0.25, 0.3) is 0 Å². The van der Waals surface area contributed by atoms with Crippen molar-refractivity contribution in [2.24, 2.45) is 5.92 Å². The molecule has 136 valence electrons. The SMILES string of the molecule is CCOC(=O)C1CCN(C(=O)[C@H](C)N(C)CC(=O)NC2CC2)CC1. The highest BCUT2D eigenvalue weighted by Gasteiger charge is 2.32. The Hall–Kier alpha value is -1.63. The van der Waals surface area contributed by atoms with E-state index < -0.39 is 0 Å². The first kappa shape index (κ1) is 18.7. The molecule has 2 amide bonds. The van der Waals surface area contributed by atoms with Gasteiger partial charge in [0.25, 0.3) is 0 Å². The third-order valence-corrected chi connectivity index (χ3v) is 4.78. The fourth-order valence-corrected chi connectivity index (χ4v) is 2.91. The number of hydrogen-bond donors (Lipinski definition) is 1. The van der Waals surface area contributed by atoms with Gasteiger partial charge in [-0.2, -0.15) is 0 Å². The maximum Gasteiger partial charge on any atom is 0.309 e. The number of piperidine rings is 1. The van der Waals surface area contributed by atoms with E-state index >= 15 is 0 Å². The summed E-state index contributed by atoms with van der Waals surface area (Å²) in [4.78, 5) is 39.8. The first-order valence-corrected chi connectivity index (χ1v) is 8.87. The largest absolute Gasteiger partial charge is 0.466 e. The molecule has 7 nitrogen and oxygen atoms in total. The molecule has 1 atom stereocenters. The normalized spacial score (nSPS) is 19.9. The first-order chi connectivity index (χ1) is 11.4. The number of nitrogens with zero attached hydrogens (tertiary/aromatic N) is 2. The average Bonchev–Trinajstić information content (AvgIpc) is 3.37. The molecule has 1 N–H and O–H groups in total. The molecule has 7 heteroatoms. The van der Waals surface area contributed by atoms with Gasteiger partial charge in [-0.15, -0.1) is 0 Å².